The van der Waals surface area contributed by atoms with Crippen molar-refractivity contribution in [3.05, 3.63) is 45.5 Å². The second kappa shape index (κ2) is 4.28. The van der Waals surface area contributed by atoms with Gasteiger partial charge in [-0.15, -0.1) is 0 Å². The van der Waals surface area contributed by atoms with Gasteiger partial charge >= 0.3 is 0 Å². The molecule has 0 aliphatic carbocycles. The Morgan fingerprint density at radius 1 is 1.22 bits per heavy atom. The zero-order valence-corrected chi connectivity index (χ0v) is 11.9. The van der Waals surface area contributed by atoms with Crippen molar-refractivity contribution in [3.8, 4) is 11.5 Å². The molecule has 0 bridgehead atoms. The number of aryl methyl sites for hydroxylation is 1. The largest absolute Gasteiger partial charge is 0.436 e. The Morgan fingerprint density at radius 2 is 2.06 bits per heavy atom. The van der Waals surface area contributed by atoms with Gasteiger partial charge in [0.2, 0.25) is 5.89 Å². The standard InChI is InChI=1S/C14H11IN2O/c1-8-3-2-4-12-13(8)18-14(17-12)9-5-10(15)7-11(16)6-9/h2-7H,16H2,1H3. The van der Waals surface area contributed by atoms with Crippen LogP contribution in [-0.2, 0) is 0 Å². The first-order chi connectivity index (χ1) is 8.63. The number of benzene rings is 2. The summed E-state index contributed by atoms with van der Waals surface area (Å²) < 4.78 is 6.90. The Hall–Kier alpha value is -1.56. The molecule has 90 valence electrons. The zero-order valence-electron chi connectivity index (χ0n) is 9.77. The maximum atomic E-state index is 5.85. The molecule has 0 fully saturated rings. The lowest BCUT2D eigenvalue weighted by molar-refractivity contribution is 0.617. The topological polar surface area (TPSA) is 52.0 Å². The Balaban J connectivity index is 2.22. The number of oxazole rings is 1. The highest BCUT2D eigenvalue weighted by molar-refractivity contribution is 14.1. The Morgan fingerprint density at radius 3 is 2.78 bits per heavy atom. The fraction of sp³-hybridized carbons (Fsp3) is 0.0714. The van der Waals surface area contributed by atoms with Gasteiger partial charge in [0, 0.05) is 14.8 Å². The molecule has 18 heavy (non-hydrogen) atoms. The highest BCUT2D eigenvalue weighted by Crippen LogP contribution is 2.28. The summed E-state index contributed by atoms with van der Waals surface area (Å²) in [4.78, 5) is 4.50. The van der Waals surface area contributed by atoms with Crippen molar-refractivity contribution in [1.82, 2.24) is 4.98 Å². The van der Waals surface area contributed by atoms with Crippen LogP contribution in [0.3, 0.4) is 0 Å². The summed E-state index contributed by atoms with van der Waals surface area (Å²) in [6.07, 6.45) is 0. The fourth-order valence-electron chi connectivity index (χ4n) is 1.95. The van der Waals surface area contributed by atoms with Crippen molar-refractivity contribution >= 4 is 39.4 Å². The number of hydrogen-bond acceptors (Lipinski definition) is 3. The summed E-state index contributed by atoms with van der Waals surface area (Å²) >= 11 is 2.23. The van der Waals surface area contributed by atoms with E-state index in [1.165, 1.54) is 0 Å². The minimum Gasteiger partial charge on any atom is -0.436 e. The van der Waals surface area contributed by atoms with Gasteiger partial charge in [-0.1, -0.05) is 12.1 Å². The molecule has 0 amide bonds. The van der Waals surface area contributed by atoms with Gasteiger partial charge in [-0.3, -0.25) is 0 Å². The summed E-state index contributed by atoms with van der Waals surface area (Å²) in [7, 11) is 0. The van der Waals surface area contributed by atoms with Crippen LogP contribution in [0.15, 0.2) is 40.8 Å². The van der Waals surface area contributed by atoms with Gasteiger partial charge in [-0.2, -0.15) is 0 Å². The summed E-state index contributed by atoms with van der Waals surface area (Å²) in [6.45, 7) is 2.01. The van der Waals surface area contributed by atoms with E-state index >= 15 is 0 Å². The fourth-order valence-corrected chi connectivity index (χ4v) is 2.64. The minimum atomic E-state index is 0.615. The maximum absolute atomic E-state index is 5.85. The summed E-state index contributed by atoms with van der Waals surface area (Å²) in [6, 6.07) is 11.7. The molecule has 0 aliphatic heterocycles. The molecule has 2 N–H and O–H groups in total. The van der Waals surface area contributed by atoms with E-state index in [0.717, 1.165) is 31.5 Å². The molecule has 0 radical (unpaired) electrons. The van der Waals surface area contributed by atoms with E-state index in [-0.39, 0.29) is 0 Å². The van der Waals surface area contributed by atoms with Crippen molar-refractivity contribution in [3.63, 3.8) is 0 Å². The Bertz CT molecular complexity index is 713. The van der Waals surface area contributed by atoms with Gasteiger partial charge in [-0.05, 0) is 59.3 Å². The average Bonchev–Trinajstić information content (AvgIpc) is 2.73. The molecular formula is C14H11IN2O. The molecule has 1 heterocycles. The lowest BCUT2D eigenvalue weighted by Crippen LogP contribution is -1.87. The zero-order chi connectivity index (χ0) is 12.7. The van der Waals surface area contributed by atoms with Crippen molar-refractivity contribution < 1.29 is 4.42 Å². The predicted molar refractivity (Wildman–Crippen MR) is 81.3 cm³/mol. The van der Waals surface area contributed by atoms with Crippen LogP contribution < -0.4 is 5.73 Å². The lowest BCUT2D eigenvalue weighted by atomic mass is 10.2. The van der Waals surface area contributed by atoms with E-state index in [2.05, 4.69) is 27.6 Å². The van der Waals surface area contributed by atoms with Crippen LogP contribution in [-0.4, -0.2) is 4.98 Å². The van der Waals surface area contributed by atoms with Crippen LogP contribution in [0.25, 0.3) is 22.6 Å². The molecule has 3 nitrogen and oxygen atoms in total. The van der Waals surface area contributed by atoms with Crippen molar-refractivity contribution in [2.24, 2.45) is 0 Å². The number of para-hydroxylation sites is 1. The third kappa shape index (κ3) is 1.96. The van der Waals surface area contributed by atoms with Crippen LogP contribution in [0.2, 0.25) is 0 Å². The summed E-state index contributed by atoms with van der Waals surface area (Å²) in [5, 5.41) is 0. The normalized spacial score (nSPS) is 11.0. The minimum absolute atomic E-state index is 0.615. The van der Waals surface area contributed by atoms with Crippen LogP contribution >= 0.6 is 22.6 Å². The van der Waals surface area contributed by atoms with Crippen molar-refractivity contribution in [1.29, 1.82) is 0 Å². The van der Waals surface area contributed by atoms with Gasteiger partial charge in [0.25, 0.3) is 0 Å². The molecule has 0 saturated carbocycles. The molecule has 1 aromatic heterocycles. The first-order valence-corrected chi connectivity index (χ1v) is 6.64. The number of anilines is 1. The lowest BCUT2D eigenvalue weighted by Gasteiger charge is -1.99. The molecular weight excluding hydrogens is 339 g/mol. The van der Waals surface area contributed by atoms with E-state index in [4.69, 9.17) is 10.2 Å². The third-order valence-corrected chi connectivity index (χ3v) is 3.40. The molecule has 3 rings (SSSR count). The molecule has 0 atom stereocenters. The van der Waals surface area contributed by atoms with E-state index < -0.39 is 0 Å². The predicted octanol–water partition coefficient (Wildman–Crippen LogP) is 3.99. The van der Waals surface area contributed by atoms with Crippen LogP contribution in [0.4, 0.5) is 5.69 Å². The number of hydrogen-bond donors (Lipinski definition) is 1. The molecule has 2 aromatic carbocycles. The van der Waals surface area contributed by atoms with Gasteiger partial charge in [0.15, 0.2) is 5.58 Å². The number of nitrogens with zero attached hydrogens (tertiary/aromatic N) is 1. The molecule has 4 heteroatoms. The van der Waals surface area contributed by atoms with E-state index in [0.29, 0.717) is 5.89 Å². The SMILES string of the molecule is Cc1cccc2nc(-c3cc(N)cc(I)c3)oc12. The summed E-state index contributed by atoms with van der Waals surface area (Å²) in [5.74, 6) is 0.615. The van der Waals surface area contributed by atoms with Gasteiger partial charge in [-0.25, -0.2) is 4.98 Å². The maximum Gasteiger partial charge on any atom is 0.227 e. The number of rotatable bonds is 1. The molecule has 0 unspecified atom stereocenters. The highest BCUT2D eigenvalue weighted by atomic mass is 127. The van der Waals surface area contributed by atoms with Gasteiger partial charge in [0.05, 0.1) is 0 Å². The van der Waals surface area contributed by atoms with Crippen LogP contribution in [0.1, 0.15) is 5.56 Å². The van der Waals surface area contributed by atoms with Gasteiger partial charge < -0.3 is 10.2 Å². The number of nitrogens with two attached hydrogens (primary N) is 1. The van der Waals surface area contributed by atoms with Crippen LogP contribution in [0.5, 0.6) is 0 Å². The highest BCUT2D eigenvalue weighted by Gasteiger charge is 2.10. The van der Waals surface area contributed by atoms with E-state index in [1.54, 1.807) is 0 Å². The van der Waals surface area contributed by atoms with Crippen molar-refractivity contribution in [2.75, 3.05) is 5.73 Å². The van der Waals surface area contributed by atoms with Crippen LogP contribution in [0, 0.1) is 10.5 Å². The second-order valence-electron chi connectivity index (χ2n) is 4.22. The first-order valence-electron chi connectivity index (χ1n) is 5.56. The Labute approximate surface area is 118 Å². The molecule has 0 saturated heterocycles. The second-order valence-corrected chi connectivity index (χ2v) is 5.46. The van der Waals surface area contributed by atoms with Crippen molar-refractivity contribution in [2.45, 2.75) is 6.92 Å². The quantitative estimate of drug-likeness (QED) is 0.533. The number of fused-ring (bicyclic) bond motifs is 1. The molecule has 0 spiro atoms. The summed E-state index contributed by atoms with van der Waals surface area (Å²) in [5.41, 5.74) is 10.3. The first kappa shape index (κ1) is 11.5. The van der Waals surface area contributed by atoms with E-state index in [1.807, 2.05) is 43.3 Å². The molecule has 3 aromatic rings. The Kier molecular flexibility index (Phi) is 2.74. The monoisotopic (exact) mass is 350 g/mol. The third-order valence-electron chi connectivity index (χ3n) is 2.78. The number of aromatic nitrogens is 1. The average molecular weight is 350 g/mol. The van der Waals surface area contributed by atoms with E-state index in [9.17, 15) is 0 Å². The smallest absolute Gasteiger partial charge is 0.227 e. The number of halogens is 1. The number of nitrogen functional groups attached to an aromatic ring is 1. The van der Waals surface area contributed by atoms with Gasteiger partial charge in [0.1, 0.15) is 5.52 Å². The molecule has 0 aliphatic rings.